The van der Waals surface area contributed by atoms with Crippen LogP contribution >= 0.6 is 11.6 Å². The highest BCUT2D eigenvalue weighted by molar-refractivity contribution is 6.46. The Kier molecular flexibility index (Phi) is 7.38. The first-order valence-corrected chi connectivity index (χ1v) is 10.7. The number of aliphatic hydroxyl groups is 1. The van der Waals surface area contributed by atoms with E-state index in [9.17, 15) is 14.7 Å². The number of aryl methyl sites for hydroxylation is 1. The average molecular weight is 455 g/mol. The summed E-state index contributed by atoms with van der Waals surface area (Å²) < 4.78 is 5.55. The summed E-state index contributed by atoms with van der Waals surface area (Å²) in [5.74, 6) is -0.910. The Labute approximate surface area is 193 Å². The minimum absolute atomic E-state index is 0.0685. The van der Waals surface area contributed by atoms with Gasteiger partial charge in [0.2, 0.25) is 0 Å². The summed E-state index contributed by atoms with van der Waals surface area (Å²) in [5.41, 5.74) is 1.97. The molecule has 0 aromatic heterocycles. The van der Waals surface area contributed by atoms with Crippen LogP contribution in [0.2, 0.25) is 5.02 Å². The highest BCUT2D eigenvalue weighted by Gasteiger charge is 2.46. The summed E-state index contributed by atoms with van der Waals surface area (Å²) in [6, 6.07) is 11.4. The summed E-state index contributed by atoms with van der Waals surface area (Å²) in [5, 5.41) is 11.8. The molecule has 7 heteroatoms. The van der Waals surface area contributed by atoms with E-state index in [1.165, 1.54) is 4.90 Å². The number of hydrogen-bond acceptors (Lipinski definition) is 5. The molecule has 1 heterocycles. The number of likely N-dealkylation sites (tertiary alicyclic amines) is 1. The molecule has 1 saturated heterocycles. The number of likely N-dealkylation sites (N-methyl/N-ethyl adjacent to an activating group) is 1. The Morgan fingerprint density at radius 1 is 1.22 bits per heavy atom. The molecule has 2 aromatic rings. The maximum absolute atomic E-state index is 13.1. The first-order valence-electron chi connectivity index (χ1n) is 10.3. The Hall–Kier alpha value is -3.09. The van der Waals surface area contributed by atoms with Crippen LogP contribution in [0.3, 0.4) is 0 Å². The van der Waals surface area contributed by atoms with E-state index in [1.807, 2.05) is 25.9 Å². The highest BCUT2D eigenvalue weighted by Crippen LogP contribution is 2.40. The quantitative estimate of drug-likeness (QED) is 0.280. The third kappa shape index (κ3) is 4.87. The number of benzene rings is 2. The van der Waals surface area contributed by atoms with Gasteiger partial charge >= 0.3 is 0 Å². The van der Waals surface area contributed by atoms with E-state index < -0.39 is 17.7 Å². The number of carbonyl (C=O) groups is 2. The molecule has 168 valence electrons. The largest absolute Gasteiger partial charge is 0.507 e. The van der Waals surface area contributed by atoms with Crippen LogP contribution in [0.1, 0.15) is 22.7 Å². The van der Waals surface area contributed by atoms with Crippen molar-refractivity contribution in [3.63, 3.8) is 0 Å². The number of hydrogen-bond donors (Lipinski definition) is 1. The normalized spacial score (nSPS) is 17.8. The lowest BCUT2D eigenvalue weighted by atomic mass is 9.94. The molecule has 0 saturated carbocycles. The zero-order valence-electron chi connectivity index (χ0n) is 18.5. The van der Waals surface area contributed by atoms with Crippen LogP contribution < -0.4 is 4.74 Å². The van der Waals surface area contributed by atoms with E-state index in [4.69, 9.17) is 16.3 Å². The number of carbonyl (C=O) groups excluding carboxylic acids is 2. The summed E-state index contributed by atoms with van der Waals surface area (Å²) in [7, 11) is 3.79. The van der Waals surface area contributed by atoms with Crippen LogP contribution in [0.5, 0.6) is 5.75 Å². The Balaban J connectivity index is 2.11. The van der Waals surface area contributed by atoms with Crippen LogP contribution in [0.25, 0.3) is 5.76 Å². The molecule has 1 aliphatic heterocycles. The van der Waals surface area contributed by atoms with Crippen molar-refractivity contribution in [3.8, 4) is 5.75 Å². The fourth-order valence-electron chi connectivity index (χ4n) is 3.70. The molecule has 0 bridgehead atoms. The van der Waals surface area contributed by atoms with Gasteiger partial charge in [0.1, 0.15) is 18.1 Å². The molecule has 1 unspecified atom stereocenters. The predicted octanol–water partition coefficient (Wildman–Crippen LogP) is 4.20. The minimum atomic E-state index is -0.705. The van der Waals surface area contributed by atoms with Gasteiger partial charge < -0.3 is 19.6 Å². The minimum Gasteiger partial charge on any atom is -0.507 e. The molecule has 2 aromatic carbocycles. The first kappa shape index (κ1) is 23.6. The molecule has 0 radical (unpaired) electrons. The van der Waals surface area contributed by atoms with Crippen molar-refractivity contribution in [3.05, 3.63) is 82.4 Å². The second-order valence-electron chi connectivity index (χ2n) is 7.92. The van der Waals surface area contributed by atoms with Crippen molar-refractivity contribution in [1.29, 1.82) is 0 Å². The molecule has 1 amide bonds. The molecule has 3 rings (SSSR count). The van der Waals surface area contributed by atoms with Gasteiger partial charge in [0, 0.05) is 23.7 Å². The SMILES string of the molecule is C=CCOc1ccc(C(O)=C2C(=O)C(=O)N(CCN(C)C)C2c2ccc(Cl)cc2)c(C)c1. The topological polar surface area (TPSA) is 70.1 Å². The number of Topliss-reactive ketones (excluding diaryl/α,β-unsaturated/α-hetero) is 1. The molecule has 0 aliphatic carbocycles. The summed E-state index contributed by atoms with van der Waals surface area (Å²) in [4.78, 5) is 29.4. The Bertz CT molecular complexity index is 1060. The fourth-order valence-corrected chi connectivity index (χ4v) is 3.83. The lowest BCUT2D eigenvalue weighted by molar-refractivity contribution is -0.140. The molecular weight excluding hydrogens is 428 g/mol. The molecule has 32 heavy (non-hydrogen) atoms. The molecule has 6 nitrogen and oxygen atoms in total. The predicted molar refractivity (Wildman–Crippen MR) is 126 cm³/mol. The smallest absolute Gasteiger partial charge is 0.295 e. The standard InChI is InChI=1S/C25H27ClN2O4/c1-5-14-32-19-10-11-20(16(2)15-19)23(29)21-22(17-6-8-18(26)9-7-17)28(13-12-27(3)4)25(31)24(21)30/h5-11,15,22,29H,1,12-14H2,2-4H3. The first-order chi connectivity index (χ1) is 15.2. The van der Waals surface area contributed by atoms with Gasteiger partial charge in [-0.25, -0.2) is 0 Å². The van der Waals surface area contributed by atoms with Crippen LogP contribution in [0, 0.1) is 6.92 Å². The maximum atomic E-state index is 13.1. The number of ether oxygens (including phenoxy) is 1. The van der Waals surface area contributed by atoms with Crippen LogP contribution in [0.4, 0.5) is 0 Å². The van der Waals surface area contributed by atoms with Gasteiger partial charge in [-0.05, 0) is 62.5 Å². The van der Waals surface area contributed by atoms with Gasteiger partial charge in [0.15, 0.2) is 0 Å². The summed E-state index contributed by atoms with van der Waals surface area (Å²) in [6.45, 7) is 6.72. The molecule has 1 aliphatic rings. The maximum Gasteiger partial charge on any atom is 0.295 e. The lowest BCUT2D eigenvalue weighted by Crippen LogP contribution is -2.35. The third-order valence-electron chi connectivity index (χ3n) is 5.33. The van der Waals surface area contributed by atoms with Crippen molar-refractivity contribution in [2.45, 2.75) is 13.0 Å². The van der Waals surface area contributed by atoms with Gasteiger partial charge in [-0.3, -0.25) is 9.59 Å². The molecule has 0 spiro atoms. The van der Waals surface area contributed by atoms with Crippen LogP contribution in [-0.4, -0.2) is 60.4 Å². The van der Waals surface area contributed by atoms with Gasteiger partial charge in [-0.2, -0.15) is 0 Å². The van der Waals surface area contributed by atoms with Crippen molar-refractivity contribution in [2.24, 2.45) is 0 Å². The highest BCUT2D eigenvalue weighted by atomic mass is 35.5. The number of nitrogens with zero attached hydrogens (tertiary/aromatic N) is 2. The number of aliphatic hydroxyl groups excluding tert-OH is 1. The molecule has 1 N–H and O–H groups in total. The van der Waals surface area contributed by atoms with Crippen LogP contribution in [0.15, 0.2) is 60.7 Å². The van der Waals surface area contributed by atoms with E-state index in [2.05, 4.69) is 6.58 Å². The molecular formula is C25H27ClN2O4. The number of rotatable bonds is 8. The summed E-state index contributed by atoms with van der Waals surface area (Å²) in [6.07, 6.45) is 1.64. The van der Waals surface area contributed by atoms with Crippen LogP contribution in [-0.2, 0) is 9.59 Å². The van der Waals surface area contributed by atoms with Gasteiger partial charge in [0.25, 0.3) is 11.7 Å². The monoisotopic (exact) mass is 454 g/mol. The van der Waals surface area contributed by atoms with Crippen molar-refractivity contribution in [1.82, 2.24) is 9.80 Å². The second-order valence-corrected chi connectivity index (χ2v) is 8.36. The van der Waals surface area contributed by atoms with Crippen molar-refractivity contribution < 1.29 is 19.4 Å². The average Bonchev–Trinajstić information content (AvgIpc) is 3.01. The number of amides is 1. The zero-order chi connectivity index (χ0) is 23.4. The van der Waals surface area contributed by atoms with Crippen molar-refractivity contribution >= 4 is 29.1 Å². The van der Waals surface area contributed by atoms with Gasteiger partial charge in [-0.15, -0.1) is 0 Å². The lowest BCUT2D eigenvalue weighted by Gasteiger charge is -2.26. The Morgan fingerprint density at radius 2 is 1.91 bits per heavy atom. The van der Waals surface area contributed by atoms with E-state index in [-0.39, 0.29) is 11.3 Å². The van der Waals surface area contributed by atoms with E-state index in [0.29, 0.717) is 41.6 Å². The number of ketones is 1. The van der Waals surface area contributed by atoms with E-state index >= 15 is 0 Å². The van der Waals surface area contributed by atoms with E-state index in [1.54, 1.807) is 48.5 Å². The second kappa shape index (κ2) is 10.0. The number of halogens is 1. The summed E-state index contributed by atoms with van der Waals surface area (Å²) >= 11 is 6.05. The zero-order valence-corrected chi connectivity index (χ0v) is 19.2. The fraction of sp³-hybridized carbons (Fsp3) is 0.280. The van der Waals surface area contributed by atoms with Crippen molar-refractivity contribution in [2.75, 3.05) is 33.8 Å². The third-order valence-corrected chi connectivity index (χ3v) is 5.59. The Morgan fingerprint density at radius 3 is 2.50 bits per heavy atom. The van der Waals surface area contributed by atoms with Gasteiger partial charge in [0.05, 0.1) is 11.6 Å². The molecule has 1 fully saturated rings. The van der Waals surface area contributed by atoms with Gasteiger partial charge in [-0.1, -0.05) is 36.4 Å². The van der Waals surface area contributed by atoms with E-state index in [0.717, 1.165) is 5.56 Å². The molecule has 1 atom stereocenters.